The van der Waals surface area contributed by atoms with E-state index in [1.54, 1.807) is 13.2 Å². The molecule has 1 N–H and O–H groups in total. The smallest absolute Gasteiger partial charge is 0.146 e. The molecule has 8 heteroatoms. The van der Waals surface area contributed by atoms with Crippen LogP contribution in [0, 0.1) is 12.7 Å². The zero-order valence-corrected chi connectivity index (χ0v) is 17.2. The normalized spacial score (nSPS) is 19.7. The minimum Gasteiger partial charge on any atom is -0.488 e. The van der Waals surface area contributed by atoms with E-state index in [1.165, 1.54) is 29.8 Å². The quantitative estimate of drug-likeness (QED) is 0.558. The Morgan fingerprint density at radius 1 is 1.18 bits per heavy atom. The molecular formula is C20H21ClFN3O2S. The fraction of sp³-hybridized carbons (Fsp3) is 0.400. The van der Waals surface area contributed by atoms with E-state index in [9.17, 15) is 4.39 Å². The van der Waals surface area contributed by atoms with Gasteiger partial charge in [-0.05, 0) is 50.3 Å². The fourth-order valence-corrected chi connectivity index (χ4v) is 4.72. The molecule has 0 amide bonds. The Bertz CT molecular complexity index is 989. The van der Waals surface area contributed by atoms with Crippen molar-refractivity contribution >= 4 is 44.7 Å². The van der Waals surface area contributed by atoms with Crippen molar-refractivity contribution in [2.45, 2.75) is 44.8 Å². The average Bonchev–Trinajstić information content (AvgIpc) is 2.99. The van der Waals surface area contributed by atoms with Gasteiger partial charge >= 0.3 is 0 Å². The summed E-state index contributed by atoms with van der Waals surface area (Å²) in [5.41, 5.74) is 1.59. The molecule has 1 aliphatic carbocycles. The van der Waals surface area contributed by atoms with Crippen molar-refractivity contribution in [2.75, 3.05) is 12.4 Å². The largest absolute Gasteiger partial charge is 0.488 e. The Labute approximate surface area is 171 Å². The number of halogens is 2. The van der Waals surface area contributed by atoms with Crippen molar-refractivity contribution in [3.05, 3.63) is 40.2 Å². The van der Waals surface area contributed by atoms with E-state index in [-0.39, 0.29) is 18.0 Å². The molecule has 0 aliphatic heterocycles. The molecule has 3 aromatic rings. The van der Waals surface area contributed by atoms with Crippen LogP contribution in [0.5, 0.6) is 5.75 Å². The van der Waals surface area contributed by atoms with Gasteiger partial charge in [0.2, 0.25) is 0 Å². The molecule has 0 atom stereocenters. The molecule has 1 fully saturated rings. The highest BCUT2D eigenvalue weighted by molar-refractivity contribution is 7.22. The highest BCUT2D eigenvalue weighted by atomic mass is 35.5. The molecular weight excluding hydrogens is 401 g/mol. The molecule has 4 rings (SSSR count). The maximum atomic E-state index is 13.9. The van der Waals surface area contributed by atoms with Crippen LogP contribution in [-0.2, 0) is 4.74 Å². The second-order valence-electron chi connectivity index (χ2n) is 6.92. The second-order valence-corrected chi connectivity index (χ2v) is 8.52. The summed E-state index contributed by atoms with van der Waals surface area (Å²) in [5.74, 6) is 0.769. The molecule has 148 valence electrons. The summed E-state index contributed by atoms with van der Waals surface area (Å²) in [6.45, 7) is 1.94. The molecule has 0 radical (unpaired) electrons. The Kier molecular flexibility index (Phi) is 5.66. The van der Waals surface area contributed by atoms with Gasteiger partial charge in [-0.3, -0.25) is 0 Å². The third-order valence-electron chi connectivity index (χ3n) is 5.11. The fourth-order valence-electron chi connectivity index (χ4n) is 3.53. The molecule has 1 aliphatic rings. The van der Waals surface area contributed by atoms with Gasteiger partial charge in [0.1, 0.15) is 28.5 Å². The zero-order chi connectivity index (χ0) is 19.7. The number of fused-ring (bicyclic) bond motifs is 1. The number of anilines is 2. The van der Waals surface area contributed by atoms with Crippen LogP contribution in [0.1, 0.15) is 31.2 Å². The summed E-state index contributed by atoms with van der Waals surface area (Å²) < 4.78 is 26.2. The molecule has 0 bridgehead atoms. The lowest BCUT2D eigenvalue weighted by molar-refractivity contribution is 0.0329. The first-order chi connectivity index (χ1) is 13.5. The number of rotatable bonds is 5. The number of hydrogen-bond donors (Lipinski definition) is 1. The van der Waals surface area contributed by atoms with E-state index in [1.807, 2.05) is 6.92 Å². The van der Waals surface area contributed by atoms with Crippen LogP contribution < -0.4 is 10.1 Å². The van der Waals surface area contributed by atoms with Gasteiger partial charge in [0.05, 0.1) is 27.6 Å². The van der Waals surface area contributed by atoms with E-state index < -0.39 is 0 Å². The summed E-state index contributed by atoms with van der Waals surface area (Å²) in [6, 6.07) is 4.49. The van der Waals surface area contributed by atoms with Crippen molar-refractivity contribution in [1.82, 2.24) is 9.97 Å². The number of ether oxygens (including phenoxy) is 2. The van der Waals surface area contributed by atoms with Crippen LogP contribution in [0.4, 0.5) is 15.9 Å². The third kappa shape index (κ3) is 3.92. The van der Waals surface area contributed by atoms with Crippen molar-refractivity contribution in [3.63, 3.8) is 0 Å². The van der Waals surface area contributed by atoms with Gasteiger partial charge in [0.15, 0.2) is 0 Å². The predicted molar refractivity (Wildman–Crippen MR) is 111 cm³/mol. The summed E-state index contributed by atoms with van der Waals surface area (Å²) in [7, 11) is 1.74. The lowest BCUT2D eigenvalue weighted by atomic mass is 9.95. The van der Waals surface area contributed by atoms with Crippen molar-refractivity contribution in [1.29, 1.82) is 0 Å². The first-order valence-corrected chi connectivity index (χ1v) is 10.4. The average molecular weight is 422 g/mol. The van der Waals surface area contributed by atoms with Gasteiger partial charge in [0, 0.05) is 13.2 Å². The van der Waals surface area contributed by atoms with Gasteiger partial charge < -0.3 is 14.8 Å². The monoisotopic (exact) mass is 421 g/mol. The van der Waals surface area contributed by atoms with Crippen LogP contribution in [0.25, 0.3) is 10.2 Å². The topological polar surface area (TPSA) is 56.3 Å². The minimum atomic E-state index is -0.339. The number of thiophene rings is 1. The molecule has 5 nitrogen and oxygen atoms in total. The molecule has 2 aromatic heterocycles. The zero-order valence-electron chi connectivity index (χ0n) is 15.7. The first kappa shape index (κ1) is 19.4. The standard InChI is InChI=1S/C20H21ClFN3O2S/c1-11-17-19(23-10-24-20(17)28-18(11)21)25-15-8-3-12(22)9-16(15)27-14-6-4-13(26-2)5-7-14/h3,8-10,13-14H,4-7H2,1-2H3,(H,23,24,25). The molecule has 28 heavy (non-hydrogen) atoms. The van der Waals surface area contributed by atoms with Gasteiger partial charge in [-0.15, -0.1) is 11.3 Å². The summed E-state index contributed by atoms with van der Waals surface area (Å²) in [6.07, 6.45) is 5.46. The molecule has 1 saturated carbocycles. The van der Waals surface area contributed by atoms with E-state index in [0.29, 0.717) is 21.6 Å². The summed E-state index contributed by atoms with van der Waals surface area (Å²) >= 11 is 7.68. The van der Waals surface area contributed by atoms with Crippen LogP contribution >= 0.6 is 22.9 Å². The summed E-state index contributed by atoms with van der Waals surface area (Å²) in [4.78, 5) is 9.47. The van der Waals surface area contributed by atoms with E-state index in [0.717, 1.165) is 41.5 Å². The van der Waals surface area contributed by atoms with Gasteiger partial charge in [-0.25, -0.2) is 14.4 Å². The molecule has 1 aromatic carbocycles. The Hall–Kier alpha value is -1.96. The Morgan fingerprint density at radius 2 is 1.93 bits per heavy atom. The van der Waals surface area contributed by atoms with Crippen molar-refractivity contribution in [3.8, 4) is 5.75 Å². The first-order valence-electron chi connectivity index (χ1n) is 9.20. The van der Waals surface area contributed by atoms with E-state index in [2.05, 4.69) is 15.3 Å². The molecule has 0 spiro atoms. The van der Waals surface area contributed by atoms with Gasteiger partial charge in [0.25, 0.3) is 0 Å². The highest BCUT2D eigenvalue weighted by Crippen LogP contribution is 2.39. The van der Waals surface area contributed by atoms with Crippen molar-refractivity contribution in [2.24, 2.45) is 0 Å². The van der Waals surface area contributed by atoms with Crippen LogP contribution in [0.2, 0.25) is 4.34 Å². The lowest BCUT2D eigenvalue weighted by Gasteiger charge is -2.28. The van der Waals surface area contributed by atoms with E-state index >= 15 is 0 Å². The van der Waals surface area contributed by atoms with Crippen molar-refractivity contribution < 1.29 is 13.9 Å². The van der Waals surface area contributed by atoms with E-state index in [4.69, 9.17) is 21.1 Å². The minimum absolute atomic E-state index is 0.0384. The van der Waals surface area contributed by atoms with Crippen LogP contribution in [0.15, 0.2) is 24.5 Å². The third-order valence-corrected chi connectivity index (χ3v) is 6.62. The number of nitrogens with zero attached hydrogens (tertiary/aromatic N) is 2. The maximum Gasteiger partial charge on any atom is 0.146 e. The lowest BCUT2D eigenvalue weighted by Crippen LogP contribution is -2.27. The van der Waals surface area contributed by atoms with Crippen LogP contribution in [0.3, 0.4) is 0 Å². The second kappa shape index (κ2) is 8.19. The van der Waals surface area contributed by atoms with Gasteiger partial charge in [-0.1, -0.05) is 11.6 Å². The van der Waals surface area contributed by atoms with Gasteiger partial charge in [-0.2, -0.15) is 0 Å². The maximum absolute atomic E-state index is 13.9. The number of aromatic nitrogens is 2. The number of benzene rings is 1. The Morgan fingerprint density at radius 3 is 2.68 bits per heavy atom. The predicted octanol–water partition coefficient (Wildman–Crippen LogP) is 5.87. The number of nitrogens with one attached hydrogen (secondary N) is 1. The molecule has 2 heterocycles. The SMILES string of the molecule is COC1CCC(Oc2cc(F)ccc2Nc2ncnc3sc(Cl)c(C)c23)CC1. The van der Waals surface area contributed by atoms with Crippen LogP contribution in [-0.4, -0.2) is 29.3 Å². The molecule has 0 unspecified atom stereocenters. The molecule has 0 saturated heterocycles. The number of hydrogen-bond acceptors (Lipinski definition) is 6. The number of aryl methyl sites for hydroxylation is 1. The number of methoxy groups -OCH3 is 1. The Balaban J connectivity index is 1.61. The highest BCUT2D eigenvalue weighted by Gasteiger charge is 2.23. The summed E-state index contributed by atoms with van der Waals surface area (Å²) in [5, 5.41) is 4.16.